The van der Waals surface area contributed by atoms with E-state index in [9.17, 15) is 9.59 Å². The van der Waals surface area contributed by atoms with Crippen LogP contribution in [0.1, 0.15) is 69.9 Å². The summed E-state index contributed by atoms with van der Waals surface area (Å²) in [5.41, 5.74) is 3.07. The van der Waals surface area contributed by atoms with Crippen LogP contribution in [0.2, 0.25) is 0 Å². The Balaban J connectivity index is 1.84. The number of allylic oxidation sites excluding steroid dienone is 2. The highest BCUT2D eigenvalue weighted by molar-refractivity contribution is 5.96. The molecule has 4 atom stereocenters. The highest BCUT2D eigenvalue weighted by atomic mass is 16.5. The Bertz CT molecular complexity index is 993. The minimum Gasteiger partial charge on any atom is -0.496 e. The van der Waals surface area contributed by atoms with E-state index in [1.165, 1.54) is 6.08 Å². The number of fused-ring (bicyclic) bond motifs is 2. The van der Waals surface area contributed by atoms with Gasteiger partial charge in [0, 0.05) is 41.1 Å². The van der Waals surface area contributed by atoms with Gasteiger partial charge in [-0.1, -0.05) is 42.2 Å². The van der Waals surface area contributed by atoms with E-state index in [4.69, 9.17) is 9.47 Å². The normalized spacial score (nSPS) is 33.0. The molecular formula is C27H35NO4. The highest BCUT2D eigenvalue weighted by Gasteiger charge is 2.62. The van der Waals surface area contributed by atoms with Gasteiger partial charge in [0.05, 0.1) is 19.1 Å². The van der Waals surface area contributed by atoms with Gasteiger partial charge in [-0.3, -0.25) is 4.79 Å². The molecule has 1 saturated carbocycles. The maximum atomic E-state index is 14.1. The first-order chi connectivity index (χ1) is 15.2. The van der Waals surface area contributed by atoms with Crippen LogP contribution in [0.4, 0.5) is 0 Å². The van der Waals surface area contributed by atoms with Gasteiger partial charge in [0.25, 0.3) is 0 Å². The predicted molar refractivity (Wildman–Crippen MR) is 125 cm³/mol. The predicted octanol–water partition coefficient (Wildman–Crippen LogP) is 4.99. The van der Waals surface area contributed by atoms with Gasteiger partial charge in [-0.25, -0.2) is 4.79 Å². The molecule has 2 fully saturated rings. The maximum Gasteiger partial charge on any atom is 0.332 e. The van der Waals surface area contributed by atoms with E-state index >= 15 is 0 Å². The van der Waals surface area contributed by atoms with Crippen molar-refractivity contribution < 1.29 is 19.1 Å². The van der Waals surface area contributed by atoms with E-state index in [-0.39, 0.29) is 23.2 Å². The molecule has 1 saturated heterocycles. The van der Waals surface area contributed by atoms with Gasteiger partial charge in [-0.05, 0) is 46.6 Å². The Morgan fingerprint density at radius 2 is 2.06 bits per heavy atom. The van der Waals surface area contributed by atoms with Gasteiger partial charge in [0.1, 0.15) is 11.5 Å². The van der Waals surface area contributed by atoms with E-state index in [2.05, 4.69) is 38.2 Å². The first kappa shape index (κ1) is 22.6. The number of benzene rings is 1. The third-order valence-corrected chi connectivity index (χ3v) is 7.79. The van der Waals surface area contributed by atoms with Crippen molar-refractivity contribution in [3.05, 3.63) is 52.7 Å². The number of hydrogen-bond donors (Lipinski definition) is 1. The molecule has 5 heteroatoms. The van der Waals surface area contributed by atoms with Gasteiger partial charge >= 0.3 is 5.97 Å². The smallest absolute Gasteiger partial charge is 0.332 e. The van der Waals surface area contributed by atoms with Crippen molar-refractivity contribution >= 4 is 11.8 Å². The quantitative estimate of drug-likeness (QED) is 0.408. The van der Waals surface area contributed by atoms with Gasteiger partial charge in [-0.15, -0.1) is 0 Å². The first-order valence-corrected chi connectivity index (χ1v) is 11.8. The van der Waals surface area contributed by atoms with Crippen molar-refractivity contribution in [3.63, 3.8) is 0 Å². The third-order valence-electron chi connectivity index (χ3n) is 7.79. The largest absolute Gasteiger partial charge is 0.496 e. The molecule has 4 rings (SSSR count). The van der Waals surface area contributed by atoms with E-state index in [1.54, 1.807) is 14.0 Å². The summed E-state index contributed by atoms with van der Waals surface area (Å²) >= 11 is 0. The Morgan fingerprint density at radius 1 is 1.28 bits per heavy atom. The second-order valence-corrected chi connectivity index (χ2v) is 9.83. The topological polar surface area (TPSA) is 64.6 Å². The second-order valence-electron chi connectivity index (χ2n) is 9.83. The van der Waals surface area contributed by atoms with E-state index in [1.807, 2.05) is 12.1 Å². The molecule has 2 aliphatic carbocycles. The number of methoxy groups -OCH3 is 1. The van der Waals surface area contributed by atoms with Crippen LogP contribution < -0.4 is 10.1 Å². The zero-order valence-corrected chi connectivity index (χ0v) is 19.9. The minimum absolute atomic E-state index is 0.0257. The number of esters is 1. The first-order valence-electron chi connectivity index (χ1n) is 11.8. The van der Waals surface area contributed by atoms with E-state index in [0.717, 1.165) is 48.1 Å². The number of carbonyl (C=O) groups is 2. The molecule has 0 amide bonds. The summed E-state index contributed by atoms with van der Waals surface area (Å²) in [4.78, 5) is 26.5. The molecule has 1 N–H and O–H groups in total. The number of hydrogen-bond acceptors (Lipinski definition) is 5. The molecule has 172 valence electrons. The zero-order valence-electron chi connectivity index (χ0n) is 19.9. The lowest BCUT2D eigenvalue weighted by molar-refractivity contribution is -0.137. The van der Waals surface area contributed by atoms with Crippen LogP contribution in [0.25, 0.3) is 0 Å². The number of nitrogens with one attached hydrogen (secondary N) is 1. The summed E-state index contributed by atoms with van der Waals surface area (Å²) in [6.45, 7) is 8.49. The number of aryl methyl sites for hydroxylation is 1. The molecular weight excluding hydrogens is 402 g/mol. The van der Waals surface area contributed by atoms with Crippen LogP contribution in [-0.2, 0) is 14.3 Å². The molecule has 1 aromatic rings. The third kappa shape index (κ3) is 3.56. The van der Waals surface area contributed by atoms with Crippen molar-refractivity contribution in [1.29, 1.82) is 0 Å². The van der Waals surface area contributed by atoms with Crippen LogP contribution in [0.15, 0.2) is 41.6 Å². The molecule has 3 aliphatic rings. The lowest BCUT2D eigenvalue weighted by atomic mass is 9.57. The lowest BCUT2D eigenvalue weighted by Gasteiger charge is -2.43. The fraction of sp³-hybridized carbons (Fsp3) is 0.556. The fourth-order valence-electron chi connectivity index (χ4n) is 6.33. The molecule has 1 aromatic carbocycles. The van der Waals surface area contributed by atoms with Crippen molar-refractivity contribution in [2.24, 2.45) is 11.3 Å². The maximum absolute atomic E-state index is 14.1. The molecule has 1 aliphatic heterocycles. The molecule has 0 aromatic heterocycles. The van der Waals surface area contributed by atoms with Crippen LogP contribution in [0, 0.1) is 18.3 Å². The molecule has 0 radical (unpaired) electrons. The molecule has 5 nitrogen and oxygen atoms in total. The number of Topliss-reactive ketones (excluding diaryl/α,β-unsaturated/α-hetero) is 1. The molecule has 1 spiro atoms. The molecule has 1 heterocycles. The van der Waals surface area contributed by atoms with Crippen LogP contribution in [-0.4, -0.2) is 31.0 Å². The summed E-state index contributed by atoms with van der Waals surface area (Å²) in [6.07, 6.45) is 8.28. The highest BCUT2D eigenvalue weighted by Crippen LogP contribution is 2.59. The Hall–Kier alpha value is -2.56. The number of ether oxygens (including phenoxy) is 2. The summed E-state index contributed by atoms with van der Waals surface area (Å²) in [6, 6.07) is 6.13. The van der Waals surface area contributed by atoms with Gasteiger partial charge < -0.3 is 14.8 Å². The monoisotopic (exact) mass is 437 g/mol. The van der Waals surface area contributed by atoms with Crippen molar-refractivity contribution in [1.82, 2.24) is 5.32 Å². The minimum atomic E-state index is -0.792. The number of ketones is 1. The Kier molecular flexibility index (Phi) is 5.95. The summed E-state index contributed by atoms with van der Waals surface area (Å²) in [5, 5.41) is 3.63. The summed E-state index contributed by atoms with van der Waals surface area (Å²) in [7, 11) is 1.67. The Morgan fingerprint density at radius 3 is 2.78 bits per heavy atom. The van der Waals surface area contributed by atoms with Gasteiger partial charge in [0.2, 0.25) is 0 Å². The average molecular weight is 438 g/mol. The van der Waals surface area contributed by atoms with Crippen molar-refractivity contribution in [3.8, 4) is 5.75 Å². The van der Waals surface area contributed by atoms with Crippen LogP contribution in [0.5, 0.6) is 5.75 Å². The standard InChI is InChI=1S/C27H35NO4/c1-6-32-25(30)15-23-27(22-9-7-8-12-26(22,4)28-23)16-18(3)19(14-24(27)29)20-13-17(2)10-11-21(20)31-5/h10-11,13,15-16,19,22,28H,6-9,12,14H2,1-5H3/b23-15-/t19-,22-,26+,27+/m0/s1. The SMILES string of the molecule is CCOC(=O)/C=C1\N[C@]2(C)CCCC[C@@H]2[C@]12C=C(C)[C@@H](c1cc(C)ccc1OC)CC2=O. The lowest BCUT2D eigenvalue weighted by Crippen LogP contribution is -2.48. The van der Waals surface area contributed by atoms with Crippen molar-refractivity contribution in [2.75, 3.05) is 13.7 Å². The second kappa shape index (κ2) is 8.42. The molecule has 0 unspecified atom stereocenters. The fourth-order valence-corrected chi connectivity index (χ4v) is 6.33. The Labute approximate surface area is 191 Å². The zero-order chi connectivity index (χ0) is 23.1. The van der Waals surface area contributed by atoms with Crippen LogP contribution >= 0.6 is 0 Å². The summed E-state index contributed by atoms with van der Waals surface area (Å²) in [5.74, 6) is 0.703. The number of carbonyl (C=O) groups excluding carboxylic acids is 2. The van der Waals surface area contributed by atoms with E-state index < -0.39 is 11.4 Å². The van der Waals surface area contributed by atoms with Gasteiger partial charge in [-0.2, -0.15) is 0 Å². The molecule has 32 heavy (non-hydrogen) atoms. The number of rotatable bonds is 4. The van der Waals surface area contributed by atoms with Crippen LogP contribution in [0.3, 0.4) is 0 Å². The van der Waals surface area contributed by atoms with Gasteiger partial charge in [0.15, 0.2) is 0 Å². The van der Waals surface area contributed by atoms with E-state index in [0.29, 0.717) is 18.7 Å². The summed E-state index contributed by atoms with van der Waals surface area (Å²) < 4.78 is 10.8. The van der Waals surface area contributed by atoms with Crippen molar-refractivity contribution in [2.45, 2.75) is 71.3 Å². The average Bonchev–Trinajstić information content (AvgIpc) is 2.99. The molecule has 0 bridgehead atoms.